The highest BCUT2D eigenvalue weighted by Gasteiger charge is 2.21. The summed E-state index contributed by atoms with van der Waals surface area (Å²) in [4.78, 5) is 12.5. The van der Waals surface area contributed by atoms with Gasteiger partial charge >= 0.3 is 0 Å². The quantitative estimate of drug-likeness (QED) is 0.363. The van der Waals surface area contributed by atoms with Crippen molar-refractivity contribution < 1.29 is 13.2 Å². The minimum absolute atomic E-state index is 0.365. The number of anilines is 1. The zero-order chi connectivity index (χ0) is 24.3. The molecule has 0 aliphatic rings. The number of hydrazone groups is 1. The first kappa shape index (κ1) is 24.7. The molecule has 0 radical (unpaired) electrons. The average molecular weight is 531 g/mol. The molecule has 9 heteroatoms. The third kappa shape index (κ3) is 6.11. The molecule has 0 aliphatic heterocycles. The van der Waals surface area contributed by atoms with Crippen molar-refractivity contribution in [1.82, 2.24) is 9.99 Å². The van der Waals surface area contributed by atoms with E-state index in [2.05, 4.69) is 31.0 Å². The number of carbonyl (C=O) groups excluding carboxylic acids is 1. The van der Waals surface area contributed by atoms with Gasteiger partial charge in [-0.05, 0) is 75.2 Å². The molecule has 0 bridgehead atoms. The van der Waals surface area contributed by atoms with E-state index in [4.69, 9.17) is 0 Å². The Morgan fingerprint density at radius 2 is 1.76 bits per heavy atom. The van der Waals surface area contributed by atoms with Crippen LogP contribution >= 0.6 is 15.9 Å². The van der Waals surface area contributed by atoms with Crippen LogP contribution in [0.1, 0.15) is 28.1 Å². The molecule has 1 N–H and O–H groups in total. The second-order valence-corrected chi connectivity index (χ2v) is 10.9. The second-order valence-electron chi connectivity index (χ2n) is 8.05. The van der Waals surface area contributed by atoms with E-state index in [0.717, 1.165) is 48.8 Å². The molecular weight excluding hydrogens is 504 g/mol. The fourth-order valence-corrected chi connectivity index (χ4v) is 4.99. The number of aromatic nitrogens is 1. The van der Waals surface area contributed by atoms with Gasteiger partial charge in [-0.25, -0.2) is 13.8 Å². The van der Waals surface area contributed by atoms with Gasteiger partial charge in [-0.1, -0.05) is 28.1 Å². The van der Waals surface area contributed by atoms with E-state index in [1.165, 1.54) is 0 Å². The van der Waals surface area contributed by atoms with Gasteiger partial charge in [-0.2, -0.15) is 5.10 Å². The minimum atomic E-state index is -3.65. The molecule has 0 unspecified atom stereocenters. The van der Waals surface area contributed by atoms with Gasteiger partial charge in [0, 0.05) is 27.1 Å². The first-order valence-corrected chi connectivity index (χ1v) is 12.9. The maximum absolute atomic E-state index is 12.5. The molecule has 0 fully saturated rings. The van der Waals surface area contributed by atoms with Gasteiger partial charge in [0.2, 0.25) is 10.0 Å². The first-order valence-electron chi connectivity index (χ1n) is 10.3. The molecule has 7 nitrogen and oxygen atoms in total. The van der Waals surface area contributed by atoms with Crippen molar-refractivity contribution in [2.24, 2.45) is 5.10 Å². The number of sulfonamides is 1. The molecule has 0 saturated heterocycles. The molecule has 0 saturated carbocycles. The molecule has 0 aliphatic carbocycles. The summed E-state index contributed by atoms with van der Waals surface area (Å²) in [6.45, 7) is 7.37. The zero-order valence-electron chi connectivity index (χ0n) is 19.3. The summed E-state index contributed by atoms with van der Waals surface area (Å²) in [7, 11) is -3.65. The van der Waals surface area contributed by atoms with Gasteiger partial charge in [0.05, 0.1) is 18.2 Å². The lowest BCUT2D eigenvalue weighted by Gasteiger charge is -2.22. The highest BCUT2D eigenvalue weighted by Crippen LogP contribution is 2.23. The Morgan fingerprint density at radius 3 is 2.36 bits per heavy atom. The van der Waals surface area contributed by atoms with Crippen LogP contribution in [-0.4, -0.2) is 37.9 Å². The van der Waals surface area contributed by atoms with Crippen molar-refractivity contribution in [3.8, 4) is 5.69 Å². The highest BCUT2D eigenvalue weighted by atomic mass is 79.9. The van der Waals surface area contributed by atoms with Gasteiger partial charge in [0.15, 0.2) is 0 Å². The molecule has 0 spiro atoms. The molecule has 33 heavy (non-hydrogen) atoms. The van der Waals surface area contributed by atoms with Crippen LogP contribution in [-0.2, 0) is 14.8 Å². The summed E-state index contributed by atoms with van der Waals surface area (Å²) >= 11 is 3.50. The predicted molar refractivity (Wildman–Crippen MR) is 137 cm³/mol. The van der Waals surface area contributed by atoms with Crippen molar-refractivity contribution in [3.05, 3.63) is 81.1 Å². The number of hydrogen-bond acceptors (Lipinski definition) is 4. The van der Waals surface area contributed by atoms with Crippen LogP contribution in [0, 0.1) is 27.7 Å². The van der Waals surface area contributed by atoms with Gasteiger partial charge in [-0.3, -0.25) is 9.10 Å². The summed E-state index contributed by atoms with van der Waals surface area (Å²) < 4.78 is 28.8. The summed E-state index contributed by atoms with van der Waals surface area (Å²) in [5.74, 6) is -0.531. The Bertz CT molecular complexity index is 1310. The molecule has 3 aromatic rings. The van der Waals surface area contributed by atoms with E-state index in [1.807, 2.05) is 64.1 Å². The lowest BCUT2D eigenvalue weighted by Crippen LogP contribution is -2.39. The Morgan fingerprint density at radius 1 is 1.09 bits per heavy atom. The lowest BCUT2D eigenvalue weighted by atomic mass is 10.1. The van der Waals surface area contributed by atoms with Gasteiger partial charge in [-0.15, -0.1) is 0 Å². The third-order valence-electron chi connectivity index (χ3n) is 5.11. The van der Waals surface area contributed by atoms with Crippen LogP contribution in [0.2, 0.25) is 0 Å². The molecule has 1 aromatic heterocycles. The maximum atomic E-state index is 12.5. The number of amides is 1. The maximum Gasteiger partial charge on any atom is 0.260 e. The van der Waals surface area contributed by atoms with E-state index in [1.54, 1.807) is 18.3 Å². The number of nitrogens with zero attached hydrogens (tertiary/aromatic N) is 3. The number of halogens is 1. The predicted octanol–water partition coefficient (Wildman–Crippen LogP) is 4.39. The van der Waals surface area contributed by atoms with Crippen LogP contribution in [0.5, 0.6) is 0 Å². The summed E-state index contributed by atoms with van der Waals surface area (Å²) in [6.07, 6.45) is 2.65. The number of hydrogen-bond donors (Lipinski definition) is 1. The topological polar surface area (TPSA) is 83.8 Å². The van der Waals surface area contributed by atoms with Gasteiger partial charge < -0.3 is 4.57 Å². The van der Waals surface area contributed by atoms with Crippen LogP contribution < -0.4 is 9.73 Å². The first-order chi connectivity index (χ1) is 15.5. The largest absolute Gasteiger partial charge is 0.318 e. The molecule has 1 heterocycles. The summed E-state index contributed by atoms with van der Waals surface area (Å²) in [6, 6.07) is 15.4. The number of nitrogens with one attached hydrogen (secondary N) is 1. The van der Waals surface area contributed by atoms with Crippen molar-refractivity contribution in [1.29, 1.82) is 0 Å². The standard InChI is InChI=1S/C24H27BrN4O3S/c1-16-9-17(2)11-23(10-16)28(33(5,31)32)15-24(30)27-26-14-20-12-18(3)29(19(20)4)22-8-6-7-21(25)13-22/h6-14H,15H2,1-5H3,(H,27,30)/b26-14-. The highest BCUT2D eigenvalue weighted by molar-refractivity contribution is 9.10. The average Bonchev–Trinajstić information content (AvgIpc) is 2.97. The van der Waals surface area contributed by atoms with E-state index >= 15 is 0 Å². The van der Waals surface area contributed by atoms with Gasteiger partial charge in [0.25, 0.3) is 5.91 Å². The van der Waals surface area contributed by atoms with Crippen molar-refractivity contribution >= 4 is 43.8 Å². The van der Waals surface area contributed by atoms with Crippen LogP contribution in [0.4, 0.5) is 5.69 Å². The fourth-order valence-electron chi connectivity index (χ4n) is 3.77. The van der Waals surface area contributed by atoms with Gasteiger partial charge in [0.1, 0.15) is 6.54 Å². The number of carbonyl (C=O) groups is 1. The molecular formula is C24H27BrN4O3S. The van der Waals surface area contributed by atoms with E-state index in [0.29, 0.717) is 5.69 Å². The SMILES string of the molecule is Cc1cc(C)cc(N(CC(=O)N/N=C\c2cc(C)n(-c3cccc(Br)c3)c2C)S(C)(=O)=O)c1. The normalized spacial score (nSPS) is 11.7. The van der Waals surface area contributed by atoms with Crippen molar-refractivity contribution in [2.75, 3.05) is 17.1 Å². The van der Waals surface area contributed by atoms with Crippen molar-refractivity contribution in [3.63, 3.8) is 0 Å². The Labute approximate surface area is 203 Å². The smallest absolute Gasteiger partial charge is 0.260 e. The second kappa shape index (κ2) is 9.93. The van der Waals surface area contributed by atoms with Crippen LogP contribution in [0.15, 0.2) is 58.1 Å². The molecule has 2 aromatic carbocycles. The molecule has 174 valence electrons. The summed E-state index contributed by atoms with van der Waals surface area (Å²) in [5.41, 5.74) is 8.58. The summed E-state index contributed by atoms with van der Waals surface area (Å²) in [5, 5.41) is 4.06. The fraction of sp³-hybridized carbons (Fsp3) is 0.250. The van der Waals surface area contributed by atoms with E-state index in [9.17, 15) is 13.2 Å². The number of rotatable bonds is 7. The van der Waals surface area contributed by atoms with Crippen molar-refractivity contribution in [2.45, 2.75) is 27.7 Å². The van der Waals surface area contributed by atoms with E-state index in [-0.39, 0.29) is 6.54 Å². The monoisotopic (exact) mass is 530 g/mol. The third-order valence-corrected chi connectivity index (χ3v) is 6.75. The van der Waals surface area contributed by atoms with Crippen LogP contribution in [0.25, 0.3) is 5.69 Å². The molecule has 3 rings (SSSR count). The Hall–Kier alpha value is -2.91. The number of benzene rings is 2. The Kier molecular flexibility index (Phi) is 7.44. The Balaban J connectivity index is 1.76. The number of aryl methyl sites for hydroxylation is 3. The van der Waals surface area contributed by atoms with Crippen LogP contribution in [0.3, 0.4) is 0 Å². The molecule has 0 atom stereocenters. The molecule has 1 amide bonds. The lowest BCUT2D eigenvalue weighted by molar-refractivity contribution is -0.119. The minimum Gasteiger partial charge on any atom is -0.318 e. The zero-order valence-corrected chi connectivity index (χ0v) is 21.7. The van der Waals surface area contributed by atoms with E-state index < -0.39 is 15.9 Å².